The average molecular weight is 201 g/mol. The van der Waals surface area contributed by atoms with Crippen molar-refractivity contribution in [2.45, 2.75) is 18.9 Å². The molecule has 0 aromatic carbocycles. The highest BCUT2D eigenvalue weighted by Crippen LogP contribution is 2.03. The number of carbonyl (C=O) groups is 1. The highest BCUT2D eigenvalue weighted by Gasteiger charge is 2.10. The van der Waals surface area contributed by atoms with Gasteiger partial charge in [0.05, 0.1) is 0 Å². The Labute approximate surface area is 75.1 Å². The van der Waals surface area contributed by atoms with Crippen LogP contribution in [0.25, 0.3) is 0 Å². The van der Waals surface area contributed by atoms with Gasteiger partial charge in [-0.15, -0.1) is 3.94 Å². The summed E-state index contributed by atoms with van der Waals surface area (Å²) in [5.74, 6) is -0.999. The number of hydrogen-bond acceptors (Lipinski definition) is 3. The quantitative estimate of drug-likeness (QED) is 0.645. The Morgan fingerprint density at radius 2 is 2.18 bits per heavy atom. The lowest BCUT2D eigenvalue weighted by atomic mass is 10.2. The van der Waals surface area contributed by atoms with Crippen LogP contribution in [0.4, 0.5) is 0 Å². The molecular formula is C5H10Cl2N2O2. The van der Waals surface area contributed by atoms with E-state index >= 15 is 0 Å². The lowest BCUT2D eigenvalue weighted by molar-refractivity contribution is -0.138. The first-order valence-corrected chi connectivity index (χ1v) is 3.79. The van der Waals surface area contributed by atoms with Gasteiger partial charge in [0, 0.05) is 6.54 Å². The summed E-state index contributed by atoms with van der Waals surface area (Å²) < 4.78 is 0.953. The van der Waals surface area contributed by atoms with Crippen LogP contribution in [0.2, 0.25) is 0 Å². The van der Waals surface area contributed by atoms with E-state index in [1.54, 1.807) is 0 Å². The molecule has 3 N–H and O–H groups in total. The number of aliphatic carboxylic acids is 1. The molecule has 0 heterocycles. The van der Waals surface area contributed by atoms with E-state index in [0.29, 0.717) is 19.4 Å². The minimum atomic E-state index is -0.999. The summed E-state index contributed by atoms with van der Waals surface area (Å²) in [5, 5.41) is 8.34. The fourth-order valence-electron chi connectivity index (χ4n) is 0.554. The lowest BCUT2D eigenvalue weighted by Crippen LogP contribution is -2.30. The van der Waals surface area contributed by atoms with Crippen molar-refractivity contribution in [3.8, 4) is 0 Å². The number of rotatable bonds is 5. The second-order valence-corrected chi connectivity index (χ2v) is 3.10. The molecule has 0 aliphatic rings. The second-order valence-electron chi connectivity index (χ2n) is 2.11. The van der Waals surface area contributed by atoms with E-state index in [0.717, 1.165) is 3.94 Å². The van der Waals surface area contributed by atoms with Crippen LogP contribution in [-0.4, -0.2) is 27.6 Å². The van der Waals surface area contributed by atoms with Gasteiger partial charge < -0.3 is 10.8 Å². The maximum atomic E-state index is 10.2. The molecule has 11 heavy (non-hydrogen) atoms. The van der Waals surface area contributed by atoms with Crippen molar-refractivity contribution in [2.75, 3.05) is 6.54 Å². The summed E-state index contributed by atoms with van der Waals surface area (Å²) in [7, 11) is 0. The first kappa shape index (κ1) is 11.0. The van der Waals surface area contributed by atoms with Crippen molar-refractivity contribution in [3.05, 3.63) is 0 Å². The minimum Gasteiger partial charge on any atom is -0.480 e. The number of halogens is 2. The van der Waals surface area contributed by atoms with Crippen molar-refractivity contribution in [1.29, 1.82) is 0 Å². The molecule has 0 saturated heterocycles. The molecule has 0 rings (SSSR count). The van der Waals surface area contributed by atoms with Crippen molar-refractivity contribution < 1.29 is 9.90 Å². The first-order valence-electron chi connectivity index (χ1n) is 3.11. The molecule has 0 fully saturated rings. The number of nitrogens with two attached hydrogens (primary N) is 1. The molecule has 0 bridgehead atoms. The van der Waals surface area contributed by atoms with Crippen LogP contribution in [0.3, 0.4) is 0 Å². The molecule has 66 valence electrons. The third kappa shape index (κ3) is 6.37. The maximum Gasteiger partial charge on any atom is 0.320 e. The van der Waals surface area contributed by atoms with Gasteiger partial charge in [0.25, 0.3) is 0 Å². The Balaban J connectivity index is 3.31. The summed E-state index contributed by atoms with van der Waals surface area (Å²) in [4.78, 5) is 10.2. The van der Waals surface area contributed by atoms with Gasteiger partial charge in [-0.05, 0) is 36.4 Å². The van der Waals surface area contributed by atoms with Crippen molar-refractivity contribution >= 4 is 29.5 Å². The number of nitrogens with zero attached hydrogens (tertiary/aromatic N) is 1. The Hall–Kier alpha value is -0.0300. The molecule has 0 radical (unpaired) electrons. The van der Waals surface area contributed by atoms with Crippen LogP contribution >= 0.6 is 23.6 Å². The molecule has 4 nitrogen and oxygen atoms in total. The summed E-state index contributed by atoms with van der Waals surface area (Å²) in [6, 6.07) is -0.816. The summed E-state index contributed by atoms with van der Waals surface area (Å²) >= 11 is 10.5. The van der Waals surface area contributed by atoms with Crippen LogP contribution in [0, 0.1) is 0 Å². The zero-order valence-corrected chi connectivity index (χ0v) is 7.35. The van der Waals surface area contributed by atoms with E-state index in [-0.39, 0.29) is 0 Å². The number of hydrogen-bond donors (Lipinski definition) is 2. The van der Waals surface area contributed by atoms with Gasteiger partial charge in [-0.2, -0.15) is 0 Å². The zero-order chi connectivity index (χ0) is 8.85. The molecule has 0 aliphatic carbocycles. The summed E-state index contributed by atoms with van der Waals surface area (Å²) in [6.07, 6.45) is 0.950. The summed E-state index contributed by atoms with van der Waals surface area (Å²) in [5.41, 5.74) is 5.20. The minimum absolute atomic E-state index is 0.380. The Morgan fingerprint density at radius 1 is 1.64 bits per heavy atom. The van der Waals surface area contributed by atoms with E-state index < -0.39 is 12.0 Å². The smallest absolute Gasteiger partial charge is 0.320 e. The summed E-state index contributed by atoms with van der Waals surface area (Å²) in [6.45, 7) is 0.421. The molecule has 0 spiro atoms. The number of carboxylic acid groups (broad SMARTS) is 1. The predicted molar refractivity (Wildman–Crippen MR) is 43.3 cm³/mol. The van der Waals surface area contributed by atoms with Gasteiger partial charge >= 0.3 is 5.97 Å². The van der Waals surface area contributed by atoms with E-state index in [1.165, 1.54) is 0 Å². The first-order chi connectivity index (χ1) is 5.04. The van der Waals surface area contributed by atoms with E-state index in [4.69, 9.17) is 34.4 Å². The van der Waals surface area contributed by atoms with Crippen LogP contribution in [0.5, 0.6) is 0 Å². The highest BCUT2D eigenvalue weighted by molar-refractivity contribution is 6.33. The van der Waals surface area contributed by atoms with Crippen LogP contribution in [0.1, 0.15) is 12.8 Å². The van der Waals surface area contributed by atoms with Gasteiger partial charge in [0.1, 0.15) is 6.04 Å². The normalized spacial score (nSPS) is 13.5. The monoisotopic (exact) mass is 200 g/mol. The van der Waals surface area contributed by atoms with Gasteiger partial charge in [-0.25, -0.2) is 0 Å². The van der Waals surface area contributed by atoms with Gasteiger partial charge in [0.15, 0.2) is 0 Å². The van der Waals surface area contributed by atoms with E-state index in [9.17, 15) is 4.79 Å². The van der Waals surface area contributed by atoms with Gasteiger partial charge in [0.2, 0.25) is 0 Å². The third-order valence-corrected chi connectivity index (χ3v) is 1.50. The van der Waals surface area contributed by atoms with E-state index in [2.05, 4.69) is 0 Å². The van der Waals surface area contributed by atoms with Crippen molar-refractivity contribution in [3.63, 3.8) is 0 Å². The van der Waals surface area contributed by atoms with Crippen LogP contribution in [0.15, 0.2) is 0 Å². The standard InChI is InChI=1S/C5H10Cl2N2O2/c6-9(7)3-1-2-4(8)5(10)11/h4H,1-3,8H2,(H,10,11). The average Bonchev–Trinajstić information content (AvgIpc) is 1.86. The number of carboxylic acids is 1. The largest absolute Gasteiger partial charge is 0.480 e. The third-order valence-electron chi connectivity index (χ3n) is 1.16. The Kier molecular flexibility index (Phi) is 5.58. The van der Waals surface area contributed by atoms with Crippen molar-refractivity contribution in [2.24, 2.45) is 5.73 Å². The molecule has 0 aromatic heterocycles. The van der Waals surface area contributed by atoms with Crippen LogP contribution < -0.4 is 5.73 Å². The fourth-order valence-corrected chi connectivity index (χ4v) is 0.793. The second kappa shape index (κ2) is 5.60. The predicted octanol–water partition coefficient (Wildman–Crippen LogP) is 0.788. The van der Waals surface area contributed by atoms with E-state index in [1.807, 2.05) is 0 Å². The van der Waals surface area contributed by atoms with Gasteiger partial charge in [-0.1, -0.05) is 0 Å². The van der Waals surface area contributed by atoms with Gasteiger partial charge in [-0.3, -0.25) is 4.79 Å². The SMILES string of the molecule is NC(CCCN(Cl)Cl)C(=O)O. The lowest BCUT2D eigenvalue weighted by Gasteiger charge is -2.06. The highest BCUT2D eigenvalue weighted by atomic mass is 35.5. The molecule has 0 aromatic rings. The molecule has 1 unspecified atom stereocenters. The molecule has 0 amide bonds. The molecular weight excluding hydrogens is 191 g/mol. The topological polar surface area (TPSA) is 66.6 Å². The maximum absolute atomic E-state index is 10.2. The Morgan fingerprint density at radius 3 is 2.55 bits per heavy atom. The molecule has 1 atom stereocenters. The Bertz CT molecular complexity index is 132. The van der Waals surface area contributed by atoms with Crippen LogP contribution in [-0.2, 0) is 4.79 Å². The molecule has 0 saturated carbocycles. The molecule has 6 heteroatoms. The zero-order valence-electron chi connectivity index (χ0n) is 5.83. The van der Waals surface area contributed by atoms with Crippen molar-refractivity contribution in [1.82, 2.24) is 3.94 Å². The molecule has 0 aliphatic heterocycles. The fraction of sp³-hybridized carbons (Fsp3) is 0.800.